The first-order chi connectivity index (χ1) is 16.1. The summed E-state index contributed by atoms with van der Waals surface area (Å²) in [5.74, 6) is -0.350. The molecule has 166 valence electrons. The smallest absolute Gasteiger partial charge is 0.266 e. The minimum atomic E-state index is -0.330. The van der Waals surface area contributed by atoms with Gasteiger partial charge in [0.2, 0.25) is 5.91 Å². The fourth-order valence-electron chi connectivity index (χ4n) is 3.60. The summed E-state index contributed by atoms with van der Waals surface area (Å²) >= 11 is 0. The minimum Gasteiger partial charge on any atom is -0.308 e. The Morgan fingerprint density at radius 1 is 0.848 bits per heavy atom. The van der Waals surface area contributed by atoms with E-state index in [1.165, 1.54) is 22.9 Å². The summed E-state index contributed by atoms with van der Waals surface area (Å²) in [5.41, 5.74) is 2.94. The number of amides is 1. The number of hydrogen-bond acceptors (Lipinski definition) is 3. The van der Waals surface area contributed by atoms with Gasteiger partial charge in [-0.3, -0.25) is 9.59 Å². The molecule has 0 aliphatic heterocycles. The molecule has 0 saturated heterocycles. The lowest BCUT2D eigenvalue weighted by Crippen LogP contribution is -2.31. The molecule has 4 aromatic rings. The van der Waals surface area contributed by atoms with Gasteiger partial charge in [0, 0.05) is 30.3 Å². The van der Waals surface area contributed by atoms with E-state index in [0.29, 0.717) is 25.2 Å². The Morgan fingerprint density at radius 2 is 1.52 bits per heavy atom. The zero-order valence-electron chi connectivity index (χ0n) is 18.1. The van der Waals surface area contributed by atoms with Crippen LogP contribution >= 0.6 is 0 Å². The van der Waals surface area contributed by atoms with Gasteiger partial charge in [-0.25, -0.2) is 9.07 Å². The van der Waals surface area contributed by atoms with Crippen LogP contribution in [0.2, 0.25) is 0 Å². The van der Waals surface area contributed by atoms with Gasteiger partial charge in [-0.2, -0.15) is 5.10 Å². The second-order valence-electron chi connectivity index (χ2n) is 7.69. The maximum absolute atomic E-state index is 13.2. The monoisotopic (exact) mass is 441 g/mol. The number of aryl methyl sites for hydroxylation is 1. The van der Waals surface area contributed by atoms with Gasteiger partial charge in [0.1, 0.15) is 5.82 Å². The van der Waals surface area contributed by atoms with Crippen molar-refractivity contribution < 1.29 is 9.18 Å². The first kappa shape index (κ1) is 22.1. The van der Waals surface area contributed by atoms with Gasteiger partial charge in [0.05, 0.1) is 12.2 Å². The second kappa shape index (κ2) is 10.5. The Morgan fingerprint density at radius 3 is 2.21 bits per heavy atom. The van der Waals surface area contributed by atoms with Crippen molar-refractivity contribution in [2.24, 2.45) is 0 Å². The van der Waals surface area contributed by atoms with E-state index < -0.39 is 0 Å². The summed E-state index contributed by atoms with van der Waals surface area (Å²) in [6.45, 7) is 0.787. The molecule has 0 N–H and O–H groups in total. The molecular formula is C27H24FN3O2. The molecule has 0 saturated carbocycles. The maximum atomic E-state index is 13.2. The minimum absolute atomic E-state index is 0.0206. The van der Waals surface area contributed by atoms with Crippen LogP contribution in [0.1, 0.15) is 18.4 Å². The lowest BCUT2D eigenvalue weighted by molar-refractivity contribution is -0.118. The SMILES string of the molecule is O=C(CCCn1nc(-c2ccc(F)cc2)ccc1=O)N(Cc1ccccc1)c1ccccc1. The van der Waals surface area contributed by atoms with E-state index in [4.69, 9.17) is 0 Å². The molecule has 5 nitrogen and oxygen atoms in total. The molecule has 0 aliphatic carbocycles. The number of halogens is 1. The highest BCUT2D eigenvalue weighted by Gasteiger charge is 2.16. The molecule has 3 aromatic carbocycles. The van der Waals surface area contributed by atoms with E-state index in [1.54, 1.807) is 23.1 Å². The summed E-state index contributed by atoms with van der Waals surface area (Å²) < 4.78 is 14.6. The van der Waals surface area contributed by atoms with Crippen LogP contribution in [0.4, 0.5) is 10.1 Å². The number of aromatic nitrogens is 2. The topological polar surface area (TPSA) is 55.2 Å². The van der Waals surface area contributed by atoms with Crippen LogP contribution in [0.5, 0.6) is 0 Å². The normalized spacial score (nSPS) is 10.7. The molecule has 6 heteroatoms. The fraction of sp³-hybridized carbons (Fsp3) is 0.148. The first-order valence-electron chi connectivity index (χ1n) is 10.8. The molecule has 1 amide bonds. The van der Waals surface area contributed by atoms with Crippen molar-refractivity contribution >= 4 is 11.6 Å². The van der Waals surface area contributed by atoms with Gasteiger partial charge in [0.15, 0.2) is 0 Å². The number of para-hydroxylation sites is 1. The van der Waals surface area contributed by atoms with E-state index in [0.717, 1.165) is 16.8 Å². The van der Waals surface area contributed by atoms with Gasteiger partial charge < -0.3 is 4.90 Å². The molecule has 1 aromatic heterocycles. The van der Waals surface area contributed by atoms with E-state index in [2.05, 4.69) is 5.10 Å². The number of nitrogens with zero attached hydrogens (tertiary/aromatic N) is 3. The van der Waals surface area contributed by atoms with Crippen LogP contribution in [-0.2, 0) is 17.9 Å². The van der Waals surface area contributed by atoms with Crippen LogP contribution in [0.15, 0.2) is 102 Å². The fourth-order valence-corrected chi connectivity index (χ4v) is 3.60. The summed E-state index contributed by atoms with van der Waals surface area (Å²) in [6.07, 6.45) is 0.743. The van der Waals surface area contributed by atoms with Crippen LogP contribution in [0.25, 0.3) is 11.3 Å². The summed E-state index contributed by atoms with van der Waals surface area (Å²) in [6, 6.07) is 28.4. The highest BCUT2D eigenvalue weighted by Crippen LogP contribution is 2.19. The molecule has 4 rings (SSSR count). The number of benzene rings is 3. The Balaban J connectivity index is 1.45. The molecule has 33 heavy (non-hydrogen) atoms. The van der Waals surface area contributed by atoms with Crippen molar-refractivity contribution in [3.8, 4) is 11.3 Å². The van der Waals surface area contributed by atoms with Crippen LogP contribution in [-0.4, -0.2) is 15.7 Å². The van der Waals surface area contributed by atoms with Crippen molar-refractivity contribution in [3.05, 3.63) is 119 Å². The number of hydrogen-bond donors (Lipinski definition) is 0. The molecule has 0 radical (unpaired) electrons. The second-order valence-corrected chi connectivity index (χ2v) is 7.69. The predicted molar refractivity (Wildman–Crippen MR) is 127 cm³/mol. The molecular weight excluding hydrogens is 417 g/mol. The molecule has 0 atom stereocenters. The number of anilines is 1. The summed E-state index contributed by atoms with van der Waals surface area (Å²) in [4.78, 5) is 27.2. The Kier molecular flexibility index (Phi) is 7.05. The standard InChI is InChI=1S/C27H24FN3O2/c28-23-15-13-22(14-16-23)25-17-18-27(33)31(29-25)19-7-12-26(32)30(24-10-5-2-6-11-24)20-21-8-3-1-4-9-21/h1-6,8-11,13-18H,7,12,19-20H2. The number of carbonyl (C=O) groups excluding carboxylic acids is 1. The van der Waals surface area contributed by atoms with Gasteiger partial charge in [-0.15, -0.1) is 0 Å². The average Bonchev–Trinajstić information content (AvgIpc) is 2.85. The molecule has 0 unspecified atom stereocenters. The Labute approximate surface area is 191 Å². The highest BCUT2D eigenvalue weighted by atomic mass is 19.1. The Hall–Kier alpha value is -4.06. The number of rotatable bonds is 8. The van der Waals surface area contributed by atoms with Crippen molar-refractivity contribution in [2.45, 2.75) is 25.9 Å². The molecule has 0 fully saturated rings. The largest absolute Gasteiger partial charge is 0.308 e. The van der Waals surface area contributed by atoms with Crippen LogP contribution in [0, 0.1) is 5.82 Å². The van der Waals surface area contributed by atoms with Crippen molar-refractivity contribution in [3.63, 3.8) is 0 Å². The number of carbonyl (C=O) groups is 1. The maximum Gasteiger partial charge on any atom is 0.266 e. The van der Waals surface area contributed by atoms with Crippen molar-refractivity contribution in [1.29, 1.82) is 0 Å². The van der Waals surface area contributed by atoms with Gasteiger partial charge in [-0.05, 0) is 54.4 Å². The van der Waals surface area contributed by atoms with E-state index in [9.17, 15) is 14.0 Å². The van der Waals surface area contributed by atoms with Gasteiger partial charge >= 0.3 is 0 Å². The van der Waals surface area contributed by atoms with E-state index >= 15 is 0 Å². The molecule has 0 bridgehead atoms. The van der Waals surface area contributed by atoms with Gasteiger partial charge in [0.25, 0.3) is 5.56 Å². The Bertz CT molecular complexity index is 1260. The van der Waals surface area contributed by atoms with Gasteiger partial charge in [-0.1, -0.05) is 48.5 Å². The zero-order chi connectivity index (χ0) is 23.0. The highest BCUT2D eigenvalue weighted by molar-refractivity contribution is 5.93. The van der Waals surface area contributed by atoms with Crippen LogP contribution in [0.3, 0.4) is 0 Å². The van der Waals surface area contributed by atoms with Crippen molar-refractivity contribution in [2.75, 3.05) is 4.90 Å². The van der Waals surface area contributed by atoms with Crippen molar-refractivity contribution in [1.82, 2.24) is 9.78 Å². The third-order valence-corrected chi connectivity index (χ3v) is 5.32. The van der Waals surface area contributed by atoms with E-state index in [-0.39, 0.29) is 23.7 Å². The summed E-state index contributed by atoms with van der Waals surface area (Å²) in [7, 11) is 0. The lowest BCUT2D eigenvalue weighted by Gasteiger charge is -2.23. The molecule has 0 spiro atoms. The lowest BCUT2D eigenvalue weighted by atomic mass is 10.1. The first-order valence-corrected chi connectivity index (χ1v) is 10.8. The molecule has 1 heterocycles. The van der Waals surface area contributed by atoms with E-state index in [1.807, 2.05) is 60.7 Å². The predicted octanol–water partition coefficient (Wildman–Crippen LogP) is 5.06. The third-order valence-electron chi connectivity index (χ3n) is 5.32. The summed E-state index contributed by atoms with van der Waals surface area (Å²) in [5, 5.41) is 4.40. The van der Waals surface area contributed by atoms with Crippen LogP contribution < -0.4 is 10.5 Å². The average molecular weight is 442 g/mol. The zero-order valence-corrected chi connectivity index (χ0v) is 18.1. The molecule has 0 aliphatic rings. The third kappa shape index (κ3) is 5.80. The quantitative estimate of drug-likeness (QED) is 0.384.